The van der Waals surface area contributed by atoms with Crippen LogP contribution in [0.15, 0.2) is 48.5 Å². The molecule has 4 rings (SSSR count). The second-order valence-electron chi connectivity index (χ2n) is 5.87. The summed E-state index contributed by atoms with van der Waals surface area (Å²) in [5, 5.41) is 0. The third kappa shape index (κ3) is 2.38. The average molecular weight is 337 g/mol. The summed E-state index contributed by atoms with van der Waals surface area (Å²) in [5.41, 5.74) is 3.80. The Morgan fingerprint density at radius 1 is 1.12 bits per heavy atom. The van der Waals surface area contributed by atoms with Gasteiger partial charge >= 0.3 is 5.97 Å². The van der Waals surface area contributed by atoms with Gasteiger partial charge in [0.15, 0.2) is 5.69 Å². The van der Waals surface area contributed by atoms with Crippen LogP contribution in [0, 0.1) is 12.7 Å². The second-order valence-corrected chi connectivity index (χ2v) is 5.87. The molecular weight excluding hydrogens is 321 g/mol. The van der Waals surface area contributed by atoms with Crippen molar-refractivity contribution in [2.45, 2.75) is 13.5 Å². The molecule has 2 aromatic heterocycles. The number of methoxy groups -OCH3 is 1. The van der Waals surface area contributed by atoms with Gasteiger partial charge in [-0.2, -0.15) is 0 Å². The Bertz CT molecular complexity index is 1090. The van der Waals surface area contributed by atoms with Crippen LogP contribution < -0.4 is 0 Å². The average Bonchev–Trinajstić information content (AvgIpc) is 3.10. The molecule has 0 bridgehead atoms. The molecule has 0 saturated heterocycles. The van der Waals surface area contributed by atoms with E-state index in [1.165, 1.54) is 19.2 Å². The van der Waals surface area contributed by atoms with Crippen molar-refractivity contribution in [3.63, 3.8) is 0 Å². The number of hydrogen-bond acceptors (Lipinski definition) is 3. The highest BCUT2D eigenvalue weighted by molar-refractivity contribution is 5.93. The number of fused-ring (bicyclic) bond motifs is 3. The third-order valence-electron chi connectivity index (χ3n) is 4.32. The number of aryl methyl sites for hydroxylation is 1. The van der Waals surface area contributed by atoms with Crippen LogP contribution in [0.5, 0.6) is 0 Å². The van der Waals surface area contributed by atoms with Crippen LogP contribution in [0.3, 0.4) is 0 Å². The van der Waals surface area contributed by atoms with Crippen LogP contribution >= 0.6 is 0 Å². The normalized spacial score (nSPS) is 11.3. The van der Waals surface area contributed by atoms with E-state index >= 15 is 0 Å². The van der Waals surface area contributed by atoms with Crippen LogP contribution in [-0.2, 0) is 11.3 Å². The van der Waals surface area contributed by atoms with E-state index in [4.69, 9.17) is 4.74 Å². The number of rotatable bonds is 3. The van der Waals surface area contributed by atoms with Gasteiger partial charge in [0.05, 0.1) is 30.4 Å². The lowest BCUT2D eigenvalue weighted by Gasteiger charge is -2.05. The number of benzene rings is 2. The van der Waals surface area contributed by atoms with Gasteiger partial charge < -0.3 is 9.30 Å². The van der Waals surface area contributed by atoms with E-state index in [2.05, 4.69) is 4.98 Å². The Morgan fingerprint density at radius 3 is 2.48 bits per heavy atom. The van der Waals surface area contributed by atoms with Gasteiger partial charge in [0.25, 0.3) is 0 Å². The largest absolute Gasteiger partial charge is 0.464 e. The number of hydrogen-bond donors (Lipinski definition) is 0. The Labute approximate surface area is 143 Å². The lowest BCUT2D eigenvalue weighted by atomic mass is 10.2. The molecule has 0 aliphatic carbocycles. The molecule has 25 heavy (non-hydrogen) atoms. The first-order chi connectivity index (χ1) is 12.1. The zero-order valence-electron chi connectivity index (χ0n) is 13.9. The minimum Gasteiger partial charge on any atom is -0.464 e. The van der Waals surface area contributed by atoms with Crippen LogP contribution in [0.4, 0.5) is 4.39 Å². The highest BCUT2D eigenvalue weighted by Crippen LogP contribution is 2.25. The molecular formula is C19H16FN3O2. The van der Waals surface area contributed by atoms with Gasteiger partial charge in [0, 0.05) is 0 Å². The van der Waals surface area contributed by atoms with Crippen molar-refractivity contribution in [1.82, 2.24) is 14.0 Å². The van der Waals surface area contributed by atoms with Crippen LogP contribution in [0.2, 0.25) is 0 Å². The van der Waals surface area contributed by atoms with Gasteiger partial charge in [0.1, 0.15) is 5.82 Å². The first-order valence-corrected chi connectivity index (χ1v) is 7.89. The van der Waals surface area contributed by atoms with E-state index in [1.807, 2.05) is 33.2 Å². The summed E-state index contributed by atoms with van der Waals surface area (Å²) >= 11 is 0. The molecule has 0 atom stereocenters. The molecule has 6 heteroatoms. The summed E-state index contributed by atoms with van der Waals surface area (Å²) in [4.78, 5) is 16.8. The lowest BCUT2D eigenvalue weighted by Crippen LogP contribution is -2.06. The number of esters is 1. The van der Waals surface area contributed by atoms with Gasteiger partial charge in [-0.25, -0.2) is 14.2 Å². The van der Waals surface area contributed by atoms with E-state index in [1.54, 1.807) is 19.1 Å². The standard InChI is InChI=1S/C19H16FN3O2/c1-12-17(18(24)25-2)23-16-6-4-3-5-15(16)22(19(23)21-12)11-13-7-9-14(20)10-8-13/h3-10H,11H2,1-2H3. The molecule has 0 amide bonds. The molecule has 0 radical (unpaired) electrons. The van der Waals surface area contributed by atoms with Crippen molar-refractivity contribution in [3.05, 3.63) is 71.3 Å². The lowest BCUT2D eigenvalue weighted by molar-refractivity contribution is 0.0592. The Hall–Kier alpha value is -3.15. The molecule has 2 aromatic carbocycles. The fourth-order valence-electron chi connectivity index (χ4n) is 3.18. The molecule has 0 saturated carbocycles. The number of para-hydroxylation sites is 2. The van der Waals surface area contributed by atoms with Crippen molar-refractivity contribution in [1.29, 1.82) is 0 Å². The van der Waals surface area contributed by atoms with Crippen LogP contribution in [-0.4, -0.2) is 27.0 Å². The molecule has 0 spiro atoms. The number of carbonyl (C=O) groups excluding carboxylic acids is 1. The first kappa shape index (κ1) is 15.4. The van der Waals surface area contributed by atoms with E-state index in [0.717, 1.165) is 16.6 Å². The smallest absolute Gasteiger partial charge is 0.357 e. The number of carbonyl (C=O) groups is 1. The van der Waals surface area contributed by atoms with Crippen molar-refractivity contribution in [2.24, 2.45) is 0 Å². The zero-order valence-corrected chi connectivity index (χ0v) is 13.9. The summed E-state index contributed by atoms with van der Waals surface area (Å²) < 4.78 is 21.9. The summed E-state index contributed by atoms with van der Waals surface area (Å²) in [6.45, 7) is 2.31. The summed E-state index contributed by atoms with van der Waals surface area (Å²) in [6, 6.07) is 14.1. The van der Waals surface area contributed by atoms with E-state index in [-0.39, 0.29) is 5.82 Å². The molecule has 0 aliphatic rings. The predicted molar refractivity (Wildman–Crippen MR) is 92.3 cm³/mol. The number of imidazole rings is 2. The van der Waals surface area contributed by atoms with E-state index in [0.29, 0.717) is 23.7 Å². The fourth-order valence-corrected chi connectivity index (χ4v) is 3.18. The summed E-state index contributed by atoms with van der Waals surface area (Å²) in [6.07, 6.45) is 0. The second kappa shape index (κ2) is 5.73. The molecule has 0 fully saturated rings. The van der Waals surface area contributed by atoms with Gasteiger partial charge in [-0.1, -0.05) is 24.3 Å². The molecule has 2 heterocycles. The monoisotopic (exact) mass is 337 g/mol. The first-order valence-electron chi connectivity index (χ1n) is 7.89. The quantitative estimate of drug-likeness (QED) is 0.537. The number of halogens is 1. The van der Waals surface area contributed by atoms with Gasteiger partial charge in [-0.05, 0) is 36.8 Å². The van der Waals surface area contributed by atoms with Crippen LogP contribution in [0.25, 0.3) is 16.8 Å². The van der Waals surface area contributed by atoms with Gasteiger partial charge in [-0.3, -0.25) is 4.40 Å². The molecule has 0 N–H and O–H groups in total. The molecule has 4 aromatic rings. The summed E-state index contributed by atoms with van der Waals surface area (Å²) in [7, 11) is 1.36. The SMILES string of the molecule is COC(=O)c1c(C)nc2n(Cc3ccc(F)cc3)c3ccccc3n12. The maximum Gasteiger partial charge on any atom is 0.357 e. The minimum absolute atomic E-state index is 0.268. The Balaban J connectivity index is 1.99. The highest BCUT2D eigenvalue weighted by atomic mass is 19.1. The van der Waals surface area contributed by atoms with Gasteiger partial charge in [-0.15, -0.1) is 0 Å². The Kier molecular flexibility index (Phi) is 3.53. The third-order valence-corrected chi connectivity index (χ3v) is 4.32. The van der Waals surface area contributed by atoms with E-state index < -0.39 is 5.97 Å². The molecule has 0 unspecified atom stereocenters. The molecule has 0 aliphatic heterocycles. The highest BCUT2D eigenvalue weighted by Gasteiger charge is 2.23. The van der Waals surface area contributed by atoms with Crippen molar-refractivity contribution in [2.75, 3.05) is 7.11 Å². The number of aromatic nitrogens is 3. The van der Waals surface area contributed by atoms with Crippen molar-refractivity contribution in [3.8, 4) is 0 Å². The minimum atomic E-state index is -0.422. The van der Waals surface area contributed by atoms with Crippen molar-refractivity contribution < 1.29 is 13.9 Å². The summed E-state index contributed by atoms with van der Waals surface area (Å²) in [5.74, 6) is -0.0333. The molecule has 126 valence electrons. The maximum absolute atomic E-state index is 13.2. The molecule has 5 nitrogen and oxygen atoms in total. The van der Waals surface area contributed by atoms with Crippen molar-refractivity contribution >= 4 is 22.8 Å². The van der Waals surface area contributed by atoms with E-state index in [9.17, 15) is 9.18 Å². The maximum atomic E-state index is 13.2. The number of nitrogens with zero attached hydrogens (tertiary/aromatic N) is 3. The predicted octanol–water partition coefficient (Wildman–Crippen LogP) is 3.57. The Morgan fingerprint density at radius 2 is 1.80 bits per heavy atom. The topological polar surface area (TPSA) is 48.5 Å². The van der Waals surface area contributed by atoms with Crippen LogP contribution in [0.1, 0.15) is 21.7 Å². The fraction of sp³-hybridized carbons (Fsp3) is 0.158. The zero-order chi connectivity index (χ0) is 17.6. The van der Waals surface area contributed by atoms with Gasteiger partial charge in [0.2, 0.25) is 5.78 Å². The number of ether oxygens (including phenoxy) is 1.